The standard InChI is InChI=1S/C17H20N2S/c1-12(2)17(16-8-5-9-20-16)19-11-13-10-18-15-7-4-3-6-14(13)15/h3-10,12,17-19H,11H2,1-2H3. The van der Waals surface area contributed by atoms with Gasteiger partial charge in [0.05, 0.1) is 0 Å². The third-order valence-electron chi connectivity index (χ3n) is 3.70. The minimum absolute atomic E-state index is 0.420. The minimum atomic E-state index is 0.420. The average Bonchev–Trinajstić information content (AvgIpc) is 3.09. The number of hydrogen-bond acceptors (Lipinski definition) is 2. The summed E-state index contributed by atoms with van der Waals surface area (Å²) >= 11 is 1.83. The van der Waals surface area contributed by atoms with E-state index in [0.717, 1.165) is 6.54 Å². The highest BCUT2D eigenvalue weighted by Crippen LogP contribution is 2.27. The number of aromatic amines is 1. The molecule has 0 aliphatic heterocycles. The van der Waals surface area contributed by atoms with Crippen LogP contribution in [-0.2, 0) is 6.54 Å². The summed E-state index contributed by atoms with van der Waals surface area (Å²) in [6.07, 6.45) is 2.11. The lowest BCUT2D eigenvalue weighted by molar-refractivity contribution is 0.417. The van der Waals surface area contributed by atoms with E-state index >= 15 is 0 Å². The Labute approximate surface area is 123 Å². The normalized spacial score (nSPS) is 13.2. The van der Waals surface area contributed by atoms with E-state index in [9.17, 15) is 0 Å². The topological polar surface area (TPSA) is 27.8 Å². The van der Waals surface area contributed by atoms with Gasteiger partial charge in [-0.1, -0.05) is 38.1 Å². The van der Waals surface area contributed by atoms with Crippen LogP contribution in [0.15, 0.2) is 48.0 Å². The lowest BCUT2D eigenvalue weighted by Gasteiger charge is -2.21. The summed E-state index contributed by atoms with van der Waals surface area (Å²) in [5.74, 6) is 0.582. The van der Waals surface area contributed by atoms with Gasteiger partial charge in [0.2, 0.25) is 0 Å². The fourth-order valence-electron chi connectivity index (χ4n) is 2.63. The number of rotatable bonds is 5. The van der Waals surface area contributed by atoms with E-state index in [1.165, 1.54) is 21.3 Å². The molecule has 2 N–H and O–H groups in total. The van der Waals surface area contributed by atoms with Crippen LogP contribution in [0.1, 0.15) is 30.3 Å². The predicted molar refractivity (Wildman–Crippen MR) is 87.0 cm³/mol. The summed E-state index contributed by atoms with van der Waals surface area (Å²) in [4.78, 5) is 4.76. The molecule has 0 radical (unpaired) electrons. The first kappa shape index (κ1) is 13.4. The van der Waals surface area contributed by atoms with Crippen molar-refractivity contribution in [2.45, 2.75) is 26.4 Å². The maximum atomic E-state index is 3.71. The number of thiophene rings is 1. The Balaban J connectivity index is 1.78. The largest absolute Gasteiger partial charge is 0.361 e. The number of nitrogens with one attached hydrogen (secondary N) is 2. The predicted octanol–water partition coefficient (Wildman–Crippen LogP) is 4.72. The fourth-order valence-corrected chi connectivity index (χ4v) is 3.60. The first-order chi connectivity index (χ1) is 9.75. The molecule has 1 unspecified atom stereocenters. The summed E-state index contributed by atoms with van der Waals surface area (Å²) in [5, 5.41) is 7.17. The van der Waals surface area contributed by atoms with Crippen LogP contribution in [0.25, 0.3) is 10.9 Å². The number of H-pyrrole nitrogens is 1. The summed E-state index contributed by atoms with van der Waals surface area (Å²) in [6.45, 7) is 5.43. The van der Waals surface area contributed by atoms with Crippen molar-refractivity contribution in [1.29, 1.82) is 0 Å². The Morgan fingerprint density at radius 1 is 1.15 bits per heavy atom. The Bertz CT molecular complexity index is 667. The highest BCUT2D eigenvalue weighted by Gasteiger charge is 2.16. The highest BCUT2D eigenvalue weighted by atomic mass is 32.1. The SMILES string of the molecule is CC(C)C(NCc1c[nH]c2ccccc12)c1cccs1. The third kappa shape index (κ3) is 2.65. The van der Waals surface area contributed by atoms with Gasteiger partial charge in [0.1, 0.15) is 0 Å². The summed E-state index contributed by atoms with van der Waals surface area (Å²) in [7, 11) is 0. The van der Waals surface area contributed by atoms with Crippen LogP contribution in [0.5, 0.6) is 0 Å². The third-order valence-corrected chi connectivity index (χ3v) is 4.66. The molecule has 2 heterocycles. The van der Waals surface area contributed by atoms with Crippen molar-refractivity contribution >= 4 is 22.2 Å². The molecular weight excluding hydrogens is 264 g/mol. The van der Waals surface area contributed by atoms with Crippen molar-refractivity contribution in [1.82, 2.24) is 10.3 Å². The van der Waals surface area contributed by atoms with Gasteiger partial charge in [0.15, 0.2) is 0 Å². The van der Waals surface area contributed by atoms with Gasteiger partial charge in [0.25, 0.3) is 0 Å². The Kier molecular flexibility index (Phi) is 3.90. The minimum Gasteiger partial charge on any atom is -0.361 e. The molecule has 3 aromatic rings. The number of para-hydroxylation sites is 1. The quantitative estimate of drug-likeness (QED) is 0.697. The average molecular weight is 284 g/mol. The van der Waals surface area contributed by atoms with Crippen molar-refractivity contribution in [3.63, 3.8) is 0 Å². The van der Waals surface area contributed by atoms with Crippen molar-refractivity contribution in [2.75, 3.05) is 0 Å². The summed E-state index contributed by atoms with van der Waals surface area (Å²) < 4.78 is 0. The zero-order valence-electron chi connectivity index (χ0n) is 11.9. The van der Waals surface area contributed by atoms with Gasteiger partial charge in [-0.05, 0) is 29.0 Å². The number of fused-ring (bicyclic) bond motifs is 1. The van der Waals surface area contributed by atoms with Gasteiger partial charge in [-0.15, -0.1) is 11.3 Å². The zero-order valence-corrected chi connectivity index (χ0v) is 12.7. The second-order valence-electron chi connectivity index (χ2n) is 5.48. The van der Waals surface area contributed by atoms with E-state index in [4.69, 9.17) is 0 Å². The molecule has 0 spiro atoms. The van der Waals surface area contributed by atoms with Crippen molar-refractivity contribution in [3.05, 3.63) is 58.4 Å². The summed E-state index contributed by atoms with van der Waals surface area (Å²) in [6, 6.07) is 13.2. The first-order valence-corrected chi connectivity index (χ1v) is 7.95. The van der Waals surface area contributed by atoms with Crippen LogP contribution in [0, 0.1) is 5.92 Å². The zero-order chi connectivity index (χ0) is 13.9. The molecule has 0 bridgehead atoms. The van der Waals surface area contributed by atoms with E-state index in [-0.39, 0.29) is 0 Å². The smallest absolute Gasteiger partial charge is 0.0457 e. The van der Waals surface area contributed by atoms with E-state index < -0.39 is 0 Å². The van der Waals surface area contributed by atoms with E-state index in [1.54, 1.807) is 0 Å². The van der Waals surface area contributed by atoms with Crippen molar-refractivity contribution < 1.29 is 0 Å². The molecule has 0 saturated carbocycles. The lowest BCUT2D eigenvalue weighted by atomic mass is 10.0. The maximum absolute atomic E-state index is 3.71. The first-order valence-electron chi connectivity index (χ1n) is 7.07. The van der Waals surface area contributed by atoms with Crippen molar-refractivity contribution in [3.8, 4) is 0 Å². The molecule has 3 rings (SSSR count). The molecule has 104 valence electrons. The Hall–Kier alpha value is -1.58. The van der Waals surface area contributed by atoms with Gasteiger partial charge in [-0.3, -0.25) is 0 Å². The van der Waals surface area contributed by atoms with Crippen LogP contribution >= 0.6 is 11.3 Å². The van der Waals surface area contributed by atoms with Crippen LogP contribution in [0.4, 0.5) is 0 Å². The van der Waals surface area contributed by atoms with Gasteiger partial charge >= 0.3 is 0 Å². The number of aromatic nitrogens is 1. The molecule has 0 aliphatic rings. The van der Waals surface area contributed by atoms with E-state index in [0.29, 0.717) is 12.0 Å². The Morgan fingerprint density at radius 3 is 2.75 bits per heavy atom. The highest BCUT2D eigenvalue weighted by molar-refractivity contribution is 7.10. The molecule has 0 amide bonds. The van der Waals surface area contributed by atoms with E-state index in [1.807, 2.05) is 11.3 Å². The second kappa shape index (κ2) is 5.81. The van der Waals surface area contributed by atoms with Crippen LogP contribution in [0.2, 0.25) is 0 Å². The number of hydrogen-bond donors (Lipinski definition) is 2. The molecule has 1 aromatic carbocycles. The molecule has 2 nitrogen and oxygen atoms in total. The number of benzene rings is 1. The maximum Gasteiger partial charge on any atom is 0.0457 e. The van der Waals surface area contributed by atoms with Crippen LogP contribution in [0.3, 0.4) is 0 Å². The monoisotopic (exact) mass is 284 g/mol. The molecule has 20 heavy (non-hydrogen) atoms. The molecule has 0 saturated heterocycles. The van der Waals surface area contributed by atoms with Gasteiger partial charge < -0.3 is 10.3 Å². The van der Waals surface area contributed by atoms with E-state index in [2.05, 4.69) is 72.1 Å². The molecule has 2 aromatic heterocycles. The summed E-state index contributed by atoms with van der Waals surface area (Å²) in [5.41, 5.74) is 2.55. The Morgan fingerprint density at radius 2 is 2.00 bits per heavy atom. The molecule has 3 heteroatoms. The van der Waals surface area contributed by atoms with Crippen molar-refractivity contribution in [2.24, 2.45) is 5.92 Å². The van der Waals surface area contributed by atoms with Crippen LogP contribution in [-0.4, -0.2) is 4.98 Å². The van der Waals surface area contributed by atoms with Gasteiger partial charge in [-0.2, -0.15) is 0 Å². The fraction of sp³-hybridized carbons (Fsp3) is 0.294. The molecule has 1 atom stereocenters. The molecule has 0 fully saturated rings. The molecular formula is C17H20N2S. The van der Waals surface area contributed by atoms with Gasteiger partial charge in [0, 0.05) is 34.6 Å². The lowest BCUT2D eigenvalue weighted by Crippen LogP contribution is -2.24. The molecule has 0 aliphatic carbocycles. The second-order valence-corrected chi connectivity index (χ2v) is 6.46. The van der Waals surface area contributed by atoms with Gasteiger partial charge in [-0.25, -0.2) is 0 Å². The van der Waals surface area contributed by atoms with Crippen LogP contribution < -0.4 is 5.32 Å².